The van der Waals surface area contributed by atoms with Crippen LogP contribution >= 0.6 is 0 Å². The molecule has 2 aromatic heterocycles. The van der Waals surface area contributed by atoms with Crippen molar-refractivity contribution in [3.05, 3.63) is 60.3 Å². The summed E-state index contributed by atoms with van der Waals surface area (Å²) in [5.41, 5.74) is 3.95. The molecule has 1 amide bonds. The number of hydrogen-bond donors (Lipinski definition) is 1. The van der Waals surface area contributed by atoms with Gasteiger partial charge in [-0.05, 0) is 31.2 Å². The lowest BCUT2D eigenvalue weighted by Gasteiger charge is -2.26. The second-order valence-corrected chi connectivity index (χ2v) is 7.28. The number of nitrogens with one attached hydrogen (secondary N) is 1. The third kappa shape index (κ3) is 3.19. The summed E-state index contributed by atoms with van der Waals surface area (Å²) in [4.78, 5) is 23.4. The molecule has 0 bridgehead atoms. The van der Waals surface area contributed by atoms with Crippen molar-refractivity contribution in [1.29, 1.82) is 0 Å². The summed E-state index contributed by atoms with van der Waals surface area (Å²) in [5, 5.41) is 2.06. The molecule has 1 saturated heterocycles. The molecule has 0 atom stereocenters. The van der Waals surface area contributed by atoms with Crippen LogP contribution in [-0.4, -0.2) is 53.7 Å². The molecule has 5 rings (SSSR count). The molecule has 0 saturated carbocycles. The molecule has 0 spiro atoms. The van der Waals surface area contributed by atoms with Crippen molar-refractivity contribution >= 4 is 27.7 Å². The number of pyridine rings is 1. The van der Waals surface area contributed by atoms with Crippen molar-refractivity contribution in [2.75, 3.05) is 32.9 Å². The summed E-state index contributed by atoms with van der Waals surface area (Å²) in [7, 11) is 0. The molecule has 4 aromatic rings. The summed E-state index contributed by atoms with van der Waals surface area (Å²) >= 11 is 0. The molecule has 152 valence electrons. The third-order valence-corrected chi connectivity index (χ3v) is 5.46. The second kappa shape index (κ2) is 7.80. The molecular weight excluding hydrogens is 378 g/mol. The van der Waals surface area contributed by atoms with Crippen molar-refractivity contribution in [3.8, 4) is 17.0 Å². The van der Waals surface area contributed by atoms with Crippen LogP contribution in [-0.2, 0) is 4.74 Å². The Bertz CT molecular complexity index is 1230. The first-order valence-corrected chi connectivity index (χ1v) is 10.3. The van der Waals surface area contributed by atoms with Gasteiger partial charge in [0.1, 0.15) is 11.4 Å². The smallest absolute Gasteiger partial charge is 0.272 e. The van der Waals surface area contributed by atoms with Gasteiger partial charge in [0.2, 0.25) is 0 Å². The molecule has 6 heteroatoms. The number of para-hydroxylation sites is 2. The quantitative estimate of drug-likeness (QED) is 0.555. The number of aromatic nitrogens is 2. The Labute approximate surface area is 174 Å². The molecule has 0 radical (unpaired) electrons. The number of rotatable bonds is 4. The van der Waals surface area contributed by atoms with Gasteiger partial charge in [0.15, 0.2) is 0 Å². The minimum atomic E-state index is -0.0689. The third-order valence-electron chi connectivity index (χ3n) is 5.46. The number of amides is 1. The first kappa shape index (κ1) is 18.6. The second-order valence-electron chi connectivity index (χ2n) is 7.28. The molecule has 2 aromatic carbocycles. The molecule has 3 heterocycles. The number of H-pyrrole nitrogens is 1. The van der Waals surface area contributed by atoms with E-state index in [0.29, 0.717) is 38.6 Å². The highest BCUT2D eigenvalue weighted by molar-refractivity contribution is 6.13. The number of benzene rings is 2. The standard InChI is InChI=1S/C24H23N3O3/c1-2-30-21-10-6-4-8-17(21)22-23-18(16-7-3-5-9-19(16)25-23)15-20(26-22)24(28)27-11-13-29-14-12-27/h3-10,15,25H,2,11-14H2,1H3. The largest absolute Gasteiger partial charge is 0.493 e. The van der Waals surface area contributed by atoms with Crippen LogP contribution in [0.15, 0.2) is 54.6 Å². The Morgan fingerprint density at radius 2 is 1.87 bits per heavy atom. The summed E-state index contributed by atoms with van der Waals surface area (Å²) in [6.45, 7) is 4.79. The van der Waals surface area contributed by atoms with E-state index in [4.69, 9.17) is 14.5 Å². The van der Waals surface area contributed by atoms with E-state index in [1.165, 1.54) is 0 Å². The Balaban J connectivity index is 1.75. The number of ether oxygens (including phenoxy) is 2. The minimum absolute atomic E-state index is 0.0689. The predicted octanol–water partition coefficient (Wildman–Crippen LogP) is 4.25. The first-order valence-electron chi connectivity index (χ1n) is 10.3. The zero-order valence-electron chi connectivity index (χ0n) is 16.9. The Kier molecular flexibility index (Phi) is 4.85. The van der Waals surface area contributed by atoms with Gasteiger partial charge in [0.25, 0.3) is 5.91 Å². The number of carbonyl (C=O) groups excluding carboxylic acids is 1. The normalized spacial score (nSPS) is 14.4. The first-order chi connectivity index (χ1) is 14.8. The number of aromatic amines is 1. The van der Waals surface area contributed by atoms with Crippen molar-refractivity contribution in [1.82, 2.24) is 14.9 Å². The van der Waals surface area contributed by atoms with E-state index < -0.39 is 0 Å². The zero-order chi connectivity index (χ0) is 20.5. The monoisotopic (exact) mass is 401 g/mol. The summed E-state index contributed by atoms with van der Waals surface area (Å²) in [5.74, 6) is 0.684. The summed E-state index contributed by atoms with van der Waals surface area (Å²) < 4.78 is 11.3. The molecule has 6 nitrogen and oxygen atoms in total. The number of fused-ring (bicyclic) bond motifs is 3. The predicted molar refractivity (Wildman–Crippen MR) is 117 cm³/mol. The van der Waals surface area contributed by atoms with E-state index >= 15 is 0 Å². The van der Waals surface area contributed by atoms with Crippen molar-refractivity contribution in [3.63, 3.8) is 0 Å². The topological polar surface area (TPSA) is 67.4 Å². The van der Waals surface area contributed by atoms with E-state index in [2.05, 4.69) is 11.1 Å². The van der Waals surface area contributed by atoms with Crippen LogP contribution < -0.4 is 4.74 Å². The molecular formula is C24H23N3O3. The van der Waals surface area contributed by atoms with E-state index in [1.54, 1.807) is 0 Å². The lowest BCUT2D eigenvalue weighted by Crippen LogP contribution is -2.41. The zero-order valence-corrected chi connectivity index (χ0v) is 16.9. The molecule has 1 aliphatic heterocycles. The lowest BCUT2D eigenvalue weighted by atomic mass is 10.1. The van der Waals surface area contributed by atoms with E-state index in [0.717, 1.165) is 38.8 Å². The van der Waals surface area contributed by atoms with Crippen LogP contribution in [0.2, 0.25) is 0 Å². The number of nitrogens with zero attached hydrogens (tertiary/aromatic N) is 2. The number of carbonyl (C=O) groups is 1. The maximum atomic E-state index is 13.3. The maximum absolute atomic E-state index is 13.3. The number of morpholine rings is 1. The molecule has 1 N–H and O–H groups in total. The fraction of sp³-hybridized carbons (Fsp3) is 0.250. The molecule has 1 aliphatic rings. The summed E-state index contributed by atoms with van der Waals surface area (Å²) in [6, 6.07) is 17.8. The van der Waals surface area contributed by atoms with Crippen LogP contribution in [0.4, 0.5) is 0 Å². The van der Waals surface area contributed by atoms with Crippen LogP contribution in [0.1, 0.15) is 17.4 Å². The molecule has 0 unspecified atom stereocenters. The highest BCUT2D eigenvalue weighted by Crippen LogP contribution is 2.36. The molecule has 0 aliphatic carbocycles. The molecule has 1 fully saturated rings. The minimum Gasteiger partial charge on any atom is -0.493 e. The van der Waals surface area contributed by atoms with Crippen molar-refractivity contribution in [2.24, 2.45) is 0 Å². The van der Waals surface area contributed by atoms with Gasteiger partial charge in [-0.2, -0.15) is 0 Å². The Morgan fingerprint density at radius 1 is 1.10 bits per heavy atom. The van der Waals surface area contributed by atoms with Gasteiger partial charge in [0.05, 0.1) is 31.0 Å². The summed E-state index contributed by atoms with van der Waals surface area (Å²) in [6.07, 6.45) is 0. The van der Waals surface area contributed by atoms with Crippen LogP contribution in [0.3, 0.4) is 0 Å². The maximum Gasteiger partial charge on any atom is 0.272 e. The van der Waals surface area contributed by atoms with Crippen molar-refractivity contribution < 1.29 is 14.3 Å². The average molecular weight is 401 g/mol. The van der Waals surface area contributed by atoms with Gasteiger partial charge < -0.3 is 19.4 Å². The molecule has 30 heavy (non-hydrogen) atoms. The van der Waals surface area contributed by atoms with Crippen LogP contribution in [0, 0.1) is 0 Å². The Hall–Kier alpha value is -3.38. The van der Waals surface area contributed by atoms with Gasteiger partial charge >= 0.3 is 0 Å². The van der Waals surface area contributed by atoms with E-state index in [9.17, 15) is 4.79 Å². The van der Waals surface area contributed by atoms with Gasteiger partial charge in [-0.3, -0.25) is 4.79 Å². The van der Waals surface area contributed by atoms with Crippen LogP contribution in [0.25, 0.3) is 33.1 Å². The van der Waals surface area contributed by atoms with Crippen molar-refractivity contribution in [2.45, 2.75) is 6.92 Å². The fourth-order valence-electron chi connectivity index (χ4n) is 4.02. The van der Waals surface area contributed by atoms with Gasteiger partial charge in [-0.1, -0.05) is 30.3 Å². The Morgan fingerprint density at radius 3 is 2.70 bits per heavy atom. The number of hydrogen-bond acceptors (Lipinski definition) is 4. The van der Waals surface area contributed by atoms with E-state index in [-0.39, 0.29) is 5.91 Å². The van der Waals surface area contributed by atoms with Gasteiger partial charge in [-0.15, -0.1) is 0 Å². The lowest BCUT2D eigenvalue weighted by molar-refractivity contribution is 0.0299. The fourth-order valence-corrected chi connectivity index (χ4v) is 4.02. The van der Waals surface area contributed by atoms with Gasteiger partial charge in [-0.25, -0.2) is 4.98 Å². The average Bonchev–Trinajstić information content (AvgIpc) is 3.18. The SMILES string of the molecule is CCOc1ccccc1-c1nc(C(=O)N2CCOCC2)cc2c1[nH]c1ccccc12. The highest BCUT2D eigenvalue weighted by Gasteiger charge is 2.23. The highest BCUT2D eigenvalue weighted by atomic mass is 16.5. The van der Waals surface area contributed by atoms with E-state index in [1.807, 2.05) is 60.4 Å². The van der Waals surface area contributed by atoms with Gasteiger partial charge in [0, 0.05) is 34.9 Å². The van der Waals surface area contributed by atoms with Crippen LogP contribution in [0.5, 0.6) is 5.75 Å².